The molecule has 1 aliphatic heterocycles. The van der Waals surface area contributed by atoms with E-state index < -0.39 is 10.7 Å². The monoisotopic (exact) mass is 379 g/mol. The van der Waals surface area contributed by atoms with E-state index in [-0.39, 0.29) is 14.9 Å². The van der Waals surface area contributed by atoms with Crippen molar-refractivity contribution in [2.45, 2.75) is 12.8 Å². The molecule has 1 aromatic carbocycles. The molecule has 1 fully saturated rings. The van der Waals surface area contributed by atoms with Crippen molar-refractivity contribution in [3.8, 4) is 0 Å². The van der Waals surface area contributed by atoms with Gasteiger partial charge in [-0.15, -0.1) is 0 Å². The molecule has 1 aliphatic rings. The van der Waals surface area contributed by atoms with Crippen LogP contribution in [0.25, 0.3) is 0 Å². The minimum absolute atomic E-state index is 0.0738. The quantitative estimate of drug-likeness (QED) is 0.469. The van der Waals surface area contributed by atoms with Crippen molar-refractivity contribution in [2.75, 3.05) is 25.0 Å². The number of hydrogen-bond donors (Lipinski definition) is 2. The predicted molar refractivity (Wildman–Crippen MR) is 79.9 cm³/mol. The highest BCUT2D eigenvalue weighted by atomic mass is 127. The molecular formula is C12H15FIN3O2. The number of rotatable bonds is 5. The second kappa shape index (κ2) is 6.47. The van der Waals surface area contributed by atoms with Crippen molar-refractivity contribution in [1.82, 2.24) is 5.32 Å². The van der Waals surface area contributed by atoms with Crippen LogP contribution in [-0.2, 0) is 0 Å². The standard InChI is InChI=1S/C12H15FIN3O2/c13-9-5-11(12(17(18)19)6-10(9)14)16-4-2-8-1-3-15-7-8/h5-6,8,15-16H,1-4,7H2. The molecule has 0 aromatic heterocycles. The smallest absolute Gasteiger partial charge is 0.293 e. The Balaban J connectivity index is 2.01. The number of anilines is 1. The summed E-state index contributed by atoms with van der Waals surface area (Å²) in [6, 6.07) is 2.46. The van der Waals surface area contributed by atoms with E-state index in [9.17, 15) is 14.5 Å². The zero-order valence-electron chi connectivity index (χ0n) is 10.3. The summed E-state index contributed by atoms with van der Waals surface area (Å²) in [7, 11) is 0. The van der Waals surface area contributed by atoms with Gasteiger partial charge < -0.3 is 10.6 Å². The second-order valence-corrected chi connectivity index (χ2v) is 5.78. The molecule has 1 aromatic rings. The fourth-order valence-electron chi connectivity index (χ4n) is 2.20. The Bertz CT molecular complexity index is 478. The number of benzene rings is 1. The minimum Gasteiger partial charge on any atom is -0.379 e. The van der Waals surface area contributed by atoms with Gasteiger partial charge in [-0.05, 0) is 54.4 Å². The van der Waals surface area contributed by atoms with Gasteiger partial charge in [-0.25, -0.2) is 4.39 Å². The van der Waals surface area contributed by atoms with Crippen molar-refractivity contribution in [3.05, 3.63) is 31.6 Å². The number of halogens is 2. The highest BCUT2D eigenvalue weighted by molar-refractivity contribution is 14.1. The first-order valence-corrected chi connectivity index (χ1v) is 7.24. The molecule has 0 amide bonds. The molecule has 1 unspecified atom stereocenters. The number of nitrogens with zero attached hydrogens (tertiary/aromatic N) is 1. The maximum absolute atomic E-state index is 13.5. The molecule has 0 saturated carbocycles. The van der Waals surface area contributed by atoms with Gasteiger partial charge in [0.2, 0.25) is 0 Å². The lowest BCUT2D eigenvalue weighted by atomic mass is 10.1. The number of nitro benzene ring substituents is 1. The van der Waals surface area contributed by atoms with Gasteiger partial charge in [-0.3, -0.25) is 10.1 Å². The zero-order valence-corrected chi connectivity index (χ0v) is 12.4. The molecule has 0 aliphatic carbocycles. The Hall–Kier alpha value is -0.960. The van der Waals surface area contributed by atoms with Crippen molar-refractivity contribution in [1.29, 1.82) is 0 Å². The van der Waals surface area contributed by atoms with Crippen LogP contribution in [0.4, 0.5) is 15.8 Å². The minimum atomic E-state index is -0.485. The summed E-state index contributed by atoms with van der Waals surface area (Å²) < 4.78 is 13.7. The molecule has 1 atom stereocenters. The van der Waals surface area contributed by atoms with E-state index in [4.69, 9.17) is 0 Å². The van der Waals surface area contributed by atoms with E-state index in [1.807, 2.05) is 0 Å². The van der Waals surface area contributed by atoms with E-state index >= 15 is 0 Å². The van der Waals surface area contributed by atoms with Gasteiger partial charge in [-0.2, -0.15) is 0 Å². The number of nitro groups is 1. The molecule has 2 N–H and O–H groups in total. The molecular weight excluding hydrogens is 364 g/mol. The SMILES string of the molecule is O=[N+]([O-])c1cc(I)c(F)cc1NCCC1CCNC1. The molecule has 0 bridgehead atoms. The highest BCUT2D eigenvalue weighted by Crippen LogP contribution is 2.28. The third kappa shape index (κ3) is 3.75. The second-order valence-electron chi connectivity index (χ2n) is 4.61. The van der Waals surface area contributed by atoms with Crippen LogP contribution in [0.3, 0.4) is 0 Å². The van der Waals surface area contributed by atoms with Gasteiger partial charge >= 0.3 is 0 Å². The predicted octanol–water partition coefficient (Wildman–Crippen LogP) is 2.75. The number of nitrogens with one attached hydrogen (secondary N) is 2. The summed E-state index contributed by atoms with van der Waals surface area (Å²) in [5, 5.41) is 17.2. The van der Waals surface area contributed by atoms with Gasteiger partial charge in [0, 0.05) is 18.7 Å². The van der Waals surface area contributed by atoms with Gasteiger partial charge in [0.25, 0.3) is 5.69 Å². The van der Waals surface area contributed by atoms with Crippen molar-refractivity contribution in [2.24, 2.45) is 5.92 Å². The van der Waals surface area contributed by atoms with Crippen molar-refractivity contribution < 1.29 is 9.31 Å². The molecule has 1 heterocycles. The van der Waals surface area contributed by atoms with E-state index in [1.54, 1.807) is 22.6 Å². The van der Waals surface area contributed by atoms with Crippen LogP contribution >= 0.6 is 22.6 Å². The van der Waals surface area contributed by atoms with E-state index in [0.717, 1.165) is 25.9 Å². The summed E-state index contributed by atoms with van der Waals surface area (Å²) >= 11 is 1.75. The van der Waals surface area contributed by atoms with Gasteiger partial charge in [0.15, 0.2) is 0 Å². The Labute approximate surface area is 124 Å². The first-order valence-electron chi connectivity index (χ1n) is 6.16. The molecule has 7 heteroatoms. The van der Waals surface area contributed by atoms with E-state index in [0.29, 0.717) is 12.5 Å². The number of hydrogen-bond acceptors (Lipinski definition) is 4. The Morgan fingerprint density at radius 1 is 1.58 bits per heavy atom. The fourth-order valence-corrected chi connectivity index (χ4v) is 2.65. The average molecular weight is 379 g/mol. The highest BCUT2D eigenvalue weighted by Gasteiger charge is 2.18. The lowest BCUT2D eigenvalue weighted by molar-refractivity contribution is -0.384. The van der Waals surface area contributed by atoms with Crippen LogP contribution in [0, 0.1) is 25.4 Å². The Kier molecular flexibility index (Phi) is 4.92. The maximum Gasteiger partial charge on any atom is 0.293 e. The molecule has 2 rings (SSSR count). The lowest BCUT2D eigenvalue weighted by Crippen LogP contribution is -2.13. The van der Waals surface area contributed by atoms with Crippen LogP contribution in [-0.4, -0.2) is 24.6 Å². The maximum atomic E-state index is 13.5. The molecule has 19 heavy (non-hydrogen) atoms. The summed E-state index contributed by atoms with van der Waals surface area (Å²) in [4.78, 5) is 10.4. The third-order valence-corrected chi connectivity index (χ3v) is 4.09. The molecule has 0 radical (unpaired) electrons. The van der Waals surface area contributed by atoms with Gasteiger partial charge in [-0.1, -0.05) is 0 Å². The summed E-state index contributed by atoms with van der Waals surface area (Å²) in [5.74, 6) is 0.163. The summed E-state index contributed by atoms with van der Waals surface area (Å²) in [6.07, 6.45) is 2.06. The third-order valence-electron chi connectivity index (χ3n) is 3.27. The van der Waals surface area contributed by atoms with Crippen molar-refractivity contribution >= 4 is 34.0 Å². The zero-order chi connectivity index (χ0) is 13.8. The normalized spacial score (nSPS) is 18.5. The van der Waals surface area contributed by atoms with Gasteiger partial charge in [0.05, 0.1) is 8.49 Å². The summed E-state index contributed by atoms with van der Waals surface area (Å²) in [5.41, 5.74) is 0.184. The lowest BCUT2D eigenvalue weighted by Gasteiger charge is -2.11. The van der Waals surface area contributed by atoms with Crippen LogP contribution in [0.5, 0.6) is 0 Å². The Morgan fingerprint density at radius 2 is 2.37 bits per heavy atom. The molecule has 0 spiro atoms. The first kappa shape index (κ1) is 14.4. The molecule has 5 nitrogen and oxygen atoms in total. The first-order chi connectivity index (χ1) is 9.08. The summed E-state index contributed by atoms with van der Waals surface area (Å²) in [6.45, 7) is 2.64. The average Bonchev–Trinajstić information content (AvgIpc) is 2.86. The van der Waals surface area contributed by atoms with Crippen LogP contribution in [0.15, 0.2) is 12.1 Å². The van der Waals surface area contributed by atoms with Crippen molar-refractivity contribution in [3.63, 3.8) is 0 Å². The van der Waals surface area contributed by atoms with E-state index in [1.165, 1.54) is 12.1 Å². The Morgan fingerprint density at radius 3 is 3.00 bits per heavy atom. The molecule has 104 valence electrons. The fraction of sp³-hybridized carbons (Fsp3) is 0.500. The van der Waals surface area contributed by atoms with E-state index in [2.05, 4.69) is 10.6 Å². The topological polar surface area (TPSA) is 67.2 Å². The molecule has 1 saturated heterocycles. The van der Waals surface area contributed by atoms with Crippen LogP contribution in [0.2, 0.25) is 0 Å². The van der Waals surface area contributed by atoms with Crippen LogP contribution < -0.4 is 10.6 Å². The largest absolute Gasteiger partial charge is 0.379 e. The van der Waals surface area contributed by atoms with Gasteiger partial charge in [0.1, 0.15) is 11.5 Å². The van der Waals surface area contributed by atoms with Crippen LogP contribution in [0.1, 0.15) is 12.8 Å².